The Kier molecular flexibility index (Phi) is 5.98. The Bertz CT molecular complexity index is 497. The lowest BCUT2D eigenvalue weighted by molar-refractivity contribution is -0.120. The second kappa shape index (κ2) is 7.25. The van der Waals surface area contributed by atoms with Gasteiger partial charge >= 0.3 is 0 Å². The van der Waals surface area contributed by atoms with E-state index in [0.717, 1.165) is 0 Å². The van der Waals surface area contributed by atoms with Crippen LogP contribution < -0.4 is 5.32 Å². The van der Waals surface area contributed by atoms with Gasteiger partial charge in [-0.25, -0.2) is 8.42 Å². The maximum absolute atomic E-state index is 11.9. The van der Waals surface area contributed by atoms with E-state index in [1.54, 1.807) is 25.1 Å². The van der Waals surface area contributed by atoms with E-state index in [-0.39, 0.29) is 23.0 Å². The third kappa shape index (κ3) is 5.85. The molecular weight excluding hydrogens is 266 g/mol. The Hall–Kier alpha value is -1.40. The quantitative estimate of drug-likeness (QED) is 0.774. The normalized spacial score (nSPS) is 12.9. The lowest BCUT2D eigenvalue weighted by atomic mass is 10.3. The van der Waals surface area contributed by atoms with Crippen LogP contribution in [0.5, 0.6) is 0 Å². The SMILES string of the molecule is CC(O)CCNC(=O)CCS(=O)(=O)c1ccccc1. The average Bonchev–Trinajstić information content (AvgIpc) is 2.37. The van der Waals surface area contributed by atoms with Crippen LogP contribution in [0.25, 0.3) is 0 Å². The third-order valence-electron chi connectivity index (χ3n) is 2.58. The van der Waals surface area contributed by atoms with Crippen LogP contribution in [0.15, 0.2) is 35.2 Å². The highest BCUT2D eigenvalue weighted by atomic mass is 32.2. The molecule has 106 valence electrons. The second-order valence-electron chi connectivity index (χ2n) is 4.37. The molecule has 0 fully saturated rings. The van der Waals surface area contributed by atoms with E-state index in [0.29, 0.717) is 13.0 Å². The van der Waals surface area contributed by atoms with Crippen molar-refractivity contribution in [2.45, 2.75) is 30.8 Å². The van der Waals surface area contributed by atoms with Gasteiger partial charge in [-0.05, 0) is 25.5 Å². The van der Waals surface area contributed by atoms with Gasteiger partial charge in [-0.3, -0.25) is 4.79 Å². The summed E-state index contributed by atoms with van der Waals surface area (Å²) in [4.78, 5) is 11.7. The first kappa shape index (κ1) is 15.7. The van der Waals surface area contributed by atoms with Crippen LogP contribution in [0.3, 0.4) is 0 Å². The molecule has 1 atom stereocenters. The summed E-state index contributed by atoms with van der Waals surface area (Å²) in [6.07, 6.45) is -0.0952. The van der Waals surface area contributed by atoms with Gasteiger partial charge in [-0.1, -0.05) is 18.2 Å². The van der Waals surface area contributed by atoms with Crippen LogP contribution in [-0.2, 0) is 14.6 Å². The van der Waals surface area contributed by atoms with E-state index in [1.807, 2.05) is 0 Å². The number of aliphatic hydroxyl groups is 1. The van der Waals surface area contributed by atoms with Crippen LogP contribution in [0.4, 0.5) is 0 Å². The van der Waals surface area contributed by atoms with Crippen molar-refractivity contribution in [3.63, 3.8) is 0 Å². The Morgan fingerprint density at radius 1 is 1.32 bits per heavy atom. The molecule has 0 aliphatic rings. The van der Waals surface area contributed by atoms with Crippen LogP contribution >= 0.6 is 0 Å². The van der Waals surface area contributed by atoms with Gasteiger partial charge < -0.3 is 10.4 Å². The van der Waals surface area contributed by atoms with Crippen molar-refractivity contribution in [1.82, 2.24) is 5.32 Å². The minimum absolute atomic E-state index is 0.0724. The van der Waals surface area contributed by atoms with Crippen molar-refractivity contribution in [3.8, 4) is 0 Å². The summed E-state index contributed by atoms with van der Waals surface area (Å²) >= 11 is 0. The molecule has 5 nitrogen and oxygen atoms in total. The van der Waals surface area contributed by atoms with E-state index in [9.17, 15) is 13.2 Å². The fourth-order valence-electron chi connectivity index (χ4n) is 1.48. The van der Waals surface area contributed by atoms with E-state index >= 15 is 0 Å². The molecule has 6 heteroatoms. The molecule has 1 unspecified atom stereocenters. The van der Waals surface area contributed by atoms with Gasteiger partial charge in [0.2, 0.25) is 5.91 Å². The molecule has 0 aliphatic carbocycles. The maximum Gasteiger partial charge on any atom is 0.221 e. The molecule has 1 aromatic carbocycles. The van der Waals surface area contributed by atoms with Gasteiger partial charge in [0.25, 0.3) is 0 Å². The second-order valence-corrected chi connectivity index (χ2v) is 6.48. The Balaban J connectivity index is 2.42. The van der Waals surface area contributed by atoms with Gasteiger partial charge in [0, 0.05) is 13.0 Å². The zero-order chi connectivity index (χ0) is 14.3. The van der Waals surface area contributed by atoms with Crippen LogP contribution in [-0.4, -0.2) is 37.8 Å². The molecule has 0 aromatic heterocycles. The summed E-state index contributed by atoms with van der Waals surface area (Å²) in [6, 6.07) is 8.06. The number of carbonyl (C=O) groups excluding carboxylic acids is 1. The molecule has 1 aromatic rings. The molecule has 0 bridgehead atoms. The number of amides is 1. The van der Waals surface area contributed by atoms with Crippen LogP contribution in [0, 0.1) is 0 Å². The van der Waals surface area contributed by atoms with Gasteiger partial charge in [0.15, 0.2) is 9.84 Å². The molecule has 0 saturated heterocycles. The van der Waals surface area contributed by atoms with Crippen molar-refractivity contribution >= 4 is 15.7 Å². The third-order valence-corrected chi connectivity index (χ3v) is 4.32. The van der Waals surface area contributed by atoms with E-state index in [2.05, 4.69) is 5.32 Å². The fourth-order valence-corrected chi connectivity index (χ4v) is 2.74. The standard InChI is InChI=1S/C13H19NO4S/c1-11(15)7-9-14-13(16)8-10-19(17,18)12-5-3-2-4-6-12/h2-6,11,15H,7-10H2,1H3,(H,14,16). The highest BCUT2D eigenvalue weighted by Crippen LogP contribution is 2.10. The van der Waals surface area contributed by atoms with Crippen molar-refractivity contribution in [3.05, 3.63) is 30.3 Å². The minimum Gasteiger partial charge on any atom is -0.393 e. The predicted octanol–water partition coefficient (Wildman–Crippen LogP) is 0.737. The van der Waals surface area contributed by atoms with Gasteiger partial charge in [0.05, 0.1) is 16.8 Å². The van der Waals surface area contributed by atoms with E-state index in [1.165, 1.54) is 12.1 Å². The zero-order valence-corrected chi connectivity index (χ0v) is 11.7. The topological polar surface area (TPSA) is 83.5 Å². The fraction of sp³-hybridized carbons (Fsp3) is 0.462. The molecule has 1 amide bonds. The number of aliphatic hydroxyl groups excluding tert-OH is 1. The predicted molar refractivity (Wildman–Crippen MR) is 72.4 cm³/mol. The number of sulfone groups is 1. The number of benzene rings is 1. The molecule has 0 aliphatic heterocycles. The molecule has 0 spiro atoms. The Labute approximate surface area is 113 Å². The number of nitrogens with one attached hydrogen (secondary N) is 1. The summed E-state index contributed by atoms with van der Waals surface area (Å²) in [5.41, 5.74) is 0. The summed E-state index contributed by atoms with van der Waals surface area (Å²) in [7, 11) is -3.41. The van der Waals surface area contributed by atoms with Crippen molar-refractivity contribution < 1.29 is 18.3 Å². The summed E-state index contributed by atoms with van der Waals surface area (Å²) in [5, 5.41) is 11.6. The first-order chi connectivity index (χ1) is 8.92. The molecule has 0 saturated carbocycles. The summed E-state index contributed by atoms with van der Waals surface area (Å²) < 4.78 is 23.8. The van der Waals surface area contributed by atoms with E-state index < -0.39 is 15.9 Å². The molecule has 0 heterocycles. The highest BCUT2D eigenvalue weighted by Gasteiger charge is 2.15. The van der Waals surface area contributed by atoms with Crippen molar-refractivity contribution in [2.24, 2.45) is 0 Å². The zero-order valence-electron chi connectivity index (χ0n) is 10.9. The van der Waals surface area contributed by atoms with Crippen molar-refractivity contribution in [1.29, 1.82) is 0 Å². The van der Waals surface area contributed by atoms with E-state index in [4.69, 9.17) is 5.11 Å². The number of rotatable bonds is 7. The highest BCUT2D eigenvalue weighted by molar-refractivity contribution is 7.91. The molecular formula is C13H19NO4S. The Morgan fingerprint density at radius 2 is 1.95 bits per heavy atom. The summed E-state index contributed by atoms with van der Waals surface area (Å²) in [6.45, 7) is 1.98. The lowest BCUT2D eigenvalue weighted by Gasteiger charge is -2.07. The first-order valence-electron chi connectivity index (χ1n) is 6.14. The largest absolute Gasteiger partial charge is 0.393 e. The average molecular weight is 285 g/mol. The molecule has 0 radical (unpaired) electrons. The van der Waals surface area contributed by atoms with Gasteiger partial charge in [-0.15, -0.1) is 0 Å². The molecule has 1 rings (SSSR count). The molecule has 19 heavy (non-hydrogen) atoms. The number of hydrogen-bond donors (Lipinski definition) is 2. The minimum atomic E-state index is -3.41. The van der Waals surface area contributed by atoms with Crippen molar-refractivity contribution in [2.75, 3.05) is 12.3 Å². The van der Waals surface area contributed by atoms with Crippen LogP contribution in [0.1, 0.15) is 19.8 Å². The monoisotopic (exact) mass is 285 g/mol. The van der Waals surface area contributed by atoms with Gasteiger partial charge in [-0.2, -0.15) is 0 Å². The van der Waals surface area contributed by atoms with Gasteiger partial charge in [0.1, 0.15) is 0 Å². The number of hydrogen-bond acceptors (Lipinski definition) is 4. The summed E-state index contributed by atoms with van der Waals surface area (Å²) in [5.74, 6) is -0.530. The maximum atomic E-state index is 11.9. The smallest absolute Gasteiger partial charge is 0.221 e. The Morgan fingerprint density at radius 3 is 2.53 bits per heavy atom. The first-order valence-corrected chi connectivity index (χ1v) is 7.79. The van der Waals surface area contributed by atoms with Crippen LogP contribution in [0.2, 0.25) is 0 Å². The molecule has 2 N–H and O–H groups in total. The lowest BCUT2D eigenvalue weighted by Crippen LogP contribution is -2.28. The number of carbonyl (C=O) groups is 1.